The number of rotatable bonds is 2. The maximum Gasteiger partial charge on any atom is 0.283 e. The van der Waals surface area contributed by atoms with E-state index in [0.717, 1.165) is 35.1 Å². The predicted octanol–water partition coefficient (Wildman–Crippen LogP) is 5.06. The second-order valence-electron chi connectivity index (χ2n) is 6.75. The fourth-order valence-corrected chi connectivity index (χ4v) is 4.04. The molecule has 4 aromatic rings. The lowest BCUT2D eigenvalue weighted by molar-refractivity contribution is 0.821. The third-order valence-electron chi connectivity index (χ3n) is 5.03. The molecule has 26 heavy (non-hydrogen) atoms. The molecule has 1 aliphatic rings. The average Bonchev–Trinajstić information content (AvgIpc) is 3.40. The Hall–Kier alpha value is -2.30. The van der Waals surface area contributed by atoms with Crippen molar-refractivity contribution < 1.29 is 0 Å². The molecule has 2 aromatic carbocycles. The van der Waals surface area contributed by atoms with Crippen LogP contribution in [0.4, 0.5) is 0 Å². The smallest absolute Gasteiger partial charge is 0.283 e. The maximum atomic E-state index is 13.4. The van der Waals surface area contributed by atoms with Gasteiger partial charge in [-0.05, 0) is 43.2 Å². The Morgan fingerprint density at radius 2 is 1.88 bits per heavy atom. The first-order valence-corrected chi connectivity index (χ1v) is 9.27. The highest BCUT2D eigenvalue weighted by Gasteiger charge is 2.30. The van der Waals surface area contributed by atoms with Crippen LogP contribution in [0.3, 0.4) is 0 Å². The van der Waals surface area contributed by atoms with Gasteiger partial charge < -0.3 is 4.57 Å². The van der Waals surface area contributed by atoms with Gasteiger partial charge in [0.05, 0.1) is 21.7 Å². The predicted molar refractivity (Wildman–Crippen MR) is 106 cm³/mol. The van der Waals surface area contributed by atoms with E-state index in [0.29, 0.717) is 27.2 Å². The van der Waals surface area contributed by atoms with Gasteiger partial charge in [-0.1, -0.05) is 35.3 Å². The lowest BCUT2D eigenvalue weighted by Crippen LogP contribution is -2.20. The monoisotopic (exact) mass is 383 g/mol. The molecule has 0 aliphatic heterocycles. The maximum absolute atomic E-state index is 13.4. The summed E-state index contributed by atoms with van der Waals surface area (Å²) >= 11 is 12.7. The number of halogens is 2. The Morgan fingerprint density at radius 1 is 1.12 bits per heavy atom. The second-order valence-corrected chi connectivity index (χ2v) is 7.60. The highest BCUT2D eigenvalue weighted by atomic mass is 35.5. The van der Waals surface area contributed by atoms with Crippen molar-refractivity contribution in [1.29, 1.82) is 0 Å². The van der Waals surface area contributed by atoms with E-state index < -0.39 is 0 Å². The van der Waals surface area contributed by atoms with Crippen LogP contribution in [0, 0.1) is 0 Å². The third kappa shape index (κ3) is 2.22. The van der Waals surface area contributed by atoms with Gasteiger partial charge in [0.1, 0.15) is 5.82 Å². The van der Waals surface area contributed by atoms with Gasteiger partial charge in [0.15, 0.2) is 5.52 Å². The van der Waals surface area contributed by atoms with Gasteiger partial charge in [-0.3, -0.25) is 9.36 Å². The molecule has 0 unspecified atom stereocenters. The molecule has 0 amide bonds. The van der Waals surface area contributed by atoms with Crippen LogP contribution in [0.15, 0.2) is 47.3 Å². The molecular formula is C20H15Cl2N3O. The lowest BCUT2D eigenvalue weighted by atomic mass is 10.1. The Bertz CT molecular complexity index is 1250. The van der Waals surface area contributed by atoms with Gasteiger partial charge in [-0.25, -0.2) is 4.98 Å². The summed E-state index contributed by atoms with van der Waals surface area (Å²) in [6.07, 6.45) is 2.25. The topological polar surface area (TPSA) is 39.8 Å². The first-order chi connectivity index (χ1) is 12.6. The number of imidazole rings is 1. The summed E-state index contributed by atoms with van der Waals surface area (Å²) in [5.74, 6) is 1.42. The van der Waals surface area contributed by atoms with Crippen molar-refractivity contribution in [1.82, 2.24) is 14.1 Å². The number of nitrogens with zero attached hydrogens (tertiary/aromatic N) is 3. The van der Waals surface area contributed by atoms with Crippen LogP contribution in [0.1, 0.15) is 24.6 Å². The fourth-order valence-electron chi connectivity index (χ4n) is 3.66. The second kappa shape index (κ2) is 5.60. The number of fused-ring (bicyclic) bond motifs is 3. The van der Waals surface area contributed by atoms with Crippen LogP contribution >= 0.6 is 23.2 Å². The van der Waals surface area contributed by atoms with E-state index in [1.807, 2.05) is 43.4 Å². The SMILES string of the molecule is Cn1c(C2CC2)nc2c(=O)n(-c3ccccc3Cl)c3cc(Cl)ccc3c21. The zero-order valence-corrected chi connectivity index (χ0v) is 15.6. The molecule has 2 heterocycles. The molecule has 4 nitrogen and oxygen atoms in total. The van der Waals surface area contributed by atoms with E-state index >= 15 is 0 Å². The van der Waals surface area contributed by atoms with Gasteiger partial charge in [0.25, 0.3) is 5.56 Å². The summed E-state index contributed by atoms with van der Waals surface area (Å²) in [4.78, 5) is 18.1. The summed E-state index contributed by atoms with van der Waals surface area (Å²) in [7, 11) is 1.98. The Labute approximate surface area is 159 Å². The van der Waals surface area contributed by atoms with Gasteiger partial charge in [-0.15, -0.1) is 0 Å². The van der Waals surface area contributed by atoms with Crippen molar-refractivity contribution in [3.8, 4) is 5.69 Å². The zero-order valence-electron chi connectivity index (χ0n) is 14.0. The van der Waals surface area contributed by atoms with Crippen LogP contribution in [0.5, 0.6) is 0 Å². The van der Waals surface area contributed by atoms with Crippen molar-refractivity contribution in [2.45, 2.75) is 18.8 Å². The zero-order chi connectivity index (χ0) is 18.0. The Balaban J connectivity index is 2.01. The van der Waals surface area contributed by atoms with Crippen LogP contribution in [-0.4, -0.2) is 14.1 Å². The van der Waals surface area contributed by atoms with E-state index in [1.165, 1.54) is 0 Å². The van der Waals surface area contributed by atoms with E-state index in [1.54, 1.807) is 10.6 Å². The number of hydrogen-bond acceptors (Lipinski definition) is 2. The van der Waals surface area contributed by atoms with Crippen LogP contribution in [0.25, 0.3) is 27.6 Å². The molecular weight excluding hydrogens is 369 g/mol. The van der Waals surface area contributed by atoms with Crippen molar-refractivity contribution in [2.75, 3.05) is 0 Å². The van der Waals surface area contributed by atoms with E-state index in [2.05, 4.69) is 4.57 Å². The molecule has 6 heteroatoms. The molecule has 0 atom stereocenters. The van der Waals surface area contributed by atoms with Crippen molar-refractivity contribution >= 4 is 45.1 Å². The lowest BCUT2D eigenvalue weighted by Gasteiger charge is -2.13. The summed E-state index contributed by atoms with van der Waals surface area (Å²) < 4.78 is 3.68. The van der Waals surface area contributed by atoms with Gasteiger partial charge >= 0.3 is 0 Å². The first-order valence-electron chi connectivity index (χ1n) is 8.52. The van der Waals surface area contributed by atoms with Crippen LogP contribution in [0.2, 0.25) is 10.0 Å². The minimum atomic E-state index is -0.176. The quantitative estimate of drug-likeness (QED) is 0.485. The number of pyridine rings is 1. The van der Waals surface area contributed by atoms with Gasteiger partial charge in [0, 0.05) is 23.4 Å². The largest absolute Gasteiger partial charge is 0.330 e. The molecule has 1 saturated carbocycles. The number of benzene rings is 2. The molecule has 0 saturated heterocycles. The molecule has 1 aliphatic carbocycles. The standard InChI is InChI=1S/C20H15Cl2N3O/c1-24-18-13-9-8-12(21)10-16(13)25(15-5-3-2-4-14(15)22)20(26)17(18)23-19(24)11-6-7-11/h2-5,8-11H,6-7H2,1H3. The first kappa shape index (κ1) is 15.9. The molecule has 0 N–H and O–H groups in total. The fraction of sp³-hybridized carbons (Fsp3) is 0.200. The highest BCUT2D eigenvalue weighted by Crippen LogP contribution is 2.41. The molecule has 2 aromatic heterocycles. The van der Waals surface area contributed by atoms with E-state index in [9.17, 15) is 4.79 Å². The minimum Gasteiger partial charge on any atom is -0.330 e. The number of hydrogen-bond donors (Lipinski definition) is 0. The summed E-state index contributed by atoms with van der Waals surface area (Å²) in [5, 5.41) is 2.01. The third-order valence-corrected chi connectivity index (χ3v) is 5.58. The number of aryl methyl sites for hydroxylation is 1. The average molecular weight is 384 g/mol. The van der Waals surface area contributed by atoms with Gasteiger partial charge in [-0.2, -0.15) is 0 Å². The molecule has 0 bridgehead atoms. The molecule has 0 spiro atoms. The van der Waals surface area contributed by atoms with Gasteiger partial charge in [0.2, 0.25) is 0 Å². The Morgan fingerprint density at radius 3 is 2.62 bits per heavy atom. The minimum absolute atomic E-state index is 0.176. The number of para-hydroxylation sites is 1. The summed E-state index contributed by atoms with van der Waals surface area (Å²) in [5.41, 5.74) is 2.52. The molecule has 130 valence electrons. The van der Waals surface area contributed by atoms with E-state index in [-0.39, 0.29) is 5.56 Å². The molecule has 1 fully saturated rings. The Kier molecular flexibility index (Phi) is 3.43. The highest BCUT2D eigenvalue weighted by molar-refractivity contribution is 6.33. The summed E-state index contributed by atoms with van der Waals surface area (Å²) in [6, 6.07) is 12.9. The van der Waals surface area contributed by atoms with Crippen molar-refractivity contribution in [2.24, 2.45) is 7.05 Å². The normalized spacial score (nSPS) is 14.4. The molecule has 5 rings (SSSR count). The van der Waals surface area contributed by atoms with E-state index in [4.69, 9.17) is 28.2 Å². The van der Waals surface area contributed by atoms with Crippen LogP contribution < -0.4 is 5.56 Å². The van der Waals surface area contributed by atoms with Crippen molar-refractivity contribution in [3.63, 3.8) is 0 Å². The molecule has 0 radical (unpaired) electrons. The number of aromatic nitrogens is 3. The summed E-state index contributed by atoms with van der Waals surface area (Å²) in [6.45, 7) is 0. The van der Waals surface area contributed by atoms with Crippen molar-refractivity contribution in [3.05, 3.63) is 68.7 Å². The van der Waals surface area contributed by atoms with Crippen LogP contribution in [-0.2, 0) is 7.05 Å².